The minimum atomic E-state index is -4.46. The minimum Gasteiger partial charge on any atom is -0.349 e. The number of nitrogens with one attached hydrogen (secondary N) is 1. The monoisotopic (exact) mass is 430 g/mol. The number of hydrogen-bond acceptors (Lipinski definition) is 2. The normalized spacial score (nSPS) is 16.7. The molecule has 1 aliphatic heterocycles. The van der Waals surface area contributed by atoms with Crippen molar-refractivity contribution in [3.63, 3.8) is 0 Å². The van der Waals surface area contributed by atoms with Gasteiger partial charge in [0.1, 0.15) is 0 Å². The molecular formula is C24H25F3N2O2. The molecule has 2 atom stereocenters. The molecule has 0 spiro atoms. The number of fused-ring (bicyclic) bond motifs is 1. The van der Waals surface area contributed by atoms with Crippen molar-refractivity contribution in [3.8, 4) is 0 Å². The lowest BCUT2D eigenvalue weighted by molar-refractivity contribution is -0.137. The maximum atomic E-state index is 13.1. The topological polar surface area (TPSA) is 49.4 Å². The summed E-state index contributed by atoms with van der Waals surface area (Å²) in [5, 5.41) is 2.88. The largest absolute Gasteiger partial charge is 0.416 e. The third-order valence-electron chi connectivity index (χ3n) is 5.40. The predicted octanol–water partition coefficient (Wildman–Crippen LogP) is 5.48. The first-order valence-corrected chi connectivity index (χ1v) is 10.1. The molecule has 3 rings (SSSR count). The molecule has 0 radical (unpaired) electrons. The van der Waals surface area contributed by atoms with Crippen LogP contribution in [0.5, 0.6) is 0 Å². The van der Waals surface area contributed by atoms with Crippen molar-refractivity contribution in [3.05, 3.63) is 77.0 Å². The van der Waals surface area contributed by atoms with Gasteiger partial charge in [-0.25, -0.2) is 0 Å². The van der Waals surface area contributed by atoms with Crippen LogP contribution >= 0.6 is 0 Å². The summed E-state index contributed by atoms with van der Waals surface area (Å²) in [6, 6.07) is 11.5. The van der Waals surface area contributed by atoms with Gasteiger partial charge in [-0.05, 0) is 40.8 Å². The molecule has 0 aromatic heterocycles. The number of halogens is 3. The van der Waals surface area contributed by atoms with Crippen LogP contribution < -0.4 is 5.32 Å². The first-order chi connectivity index (χ1) is 14.6. The second-order valence-corrected chi connectivity index (χ2v) is 8.00. The van der Waals surface area contributed by atoms with Gasteiger partial charge in [0.15, 0.2) is 0 Å². The van der Waals surface area contributed by atoms with E-state index in [1.165, 1.54) is 17.9 Å². The third kappa shape index (κ3) is 5.16. The highest BCUT2D eigenvalue weighted by Gasteiger charge is 2.32. The van der Waals surface area contributed by atoms with Gasteiger partial charge in [0.2, 0.25) is 11.8 Å². The highest BCUT2D eigenvalue weighted by atomic mass is 19.4. The van der Waals surface area contributed by atoms with E-state index >= 15 is 0 Å². The zero-order valence-corrected chi connectivity index (χ0v) is 17.6. The van der Waals surface area contributed by atoms with E-state index in [0.29, 0.717) is 5.56 Å². The van der Waals surface area contributed by atoms with Crippen molar-refractivity contribution in [1.29, 1.82) is 0 Å². The molecular weight excluding hydrogens is 405 g/mol. The smallest absolute Gasteiger partial charge is 0.349 e. The summed E-state index contributed by atoms with van der Waals surface area (Å²) in [6.45, 7) is 5.11. The summed E-state index contributed by atoms with van der Waals surface area (Å²) in [5.74, 6) is -0.658. The molecule has 0 fully saturated rings. The molecule has 1 heterocycles. The average Bonchev–Trinajstić information content (AvgIpc) is 2.71. The molecule has 1 N–H and O–H groups in total. The van der Waals surface area contributed by atoms with Gasteiger partial charge in [-0.1, -0.05) is 50.2 Å². The van der Waals surface area contributed by atoms with Crippen LogP contribution in [0, 0.1) is 5.92 Å². The van der Waals surface area contributed by atoms with E-state index in [-0.39, 0.29) is 24.2 Å². The van der Waals surface area contributed by atoms with Crippen LogP contribution in [0.15, 0.2) is 54.7 Å². The van der Waals surface area contributed by atoms with Gasteiger partial charge in [0, 0.05) is 13.1 Å². The van der Waals surface area contributed by atoms with Crippen molar-refractivity contribution >= 4 is 17.9 Å². The Morgan fingerprint density at radius 3 is 2.45 bits per heavy atom. The quantitative estimate of drug-likeness (QED) is 0.683. The number of carbonyl (C=O) groups excluding carboxylic acids is 2. The second-order valence-electron chi connectivity index (χ2n) is 8.00. The molecule has 7 heteroatoms. The Balaban J connectivity index is 1.83. The molecule has 2 unspecified atom stereocenters. The molecule has 31 heavy (non-hydrogen) atoms. The van der Waals surface area contributed by atoms with Crippen LogP contribution in [0.3, 0.4) is 0 Å². The predicted molar refractivity (Wildman–Crippen MR) is 113 cm³/mol. The van der Waals surface area contributed by atoms with Gasteiger partial charge in [0.25, 0.3) is 0 Å². The molecule has 1 aliphatic rings. The fourth-order valence-corrected chi connectivity index (χ4v) is 3.86. The van der Waals surface area contributed by atoms with Crippen LogP contribution in [0.1, 0.15) is 61.5 Å². The summed E-state index contributed by atoms with van der Waals surface area (Å²) in [4.78, 5) is 26.6. The number of benzene rings is 2. The molecule has 0 bridgehead atoms. The van der Waals surface area contributed by atoms with E-state index < -0.39 is 23.8 Å². The van der Waals surface area contributed by atoms with Crippen LogP contribution in [0.4, 0.5) is 13.2 Å². The highest BCUT2D eigenvalue weighted by Crippen LogP contribution is 2.34. The molecule has 0 saturated carbocycles. The first kappa shape index (κ1) is 22.6. The number of rotatable bonds is 5. The van der Waals surface area contributed by atoms with E-state index in [1.807, 2.05) is 44.2 Å². The lowest BCUT2D eigenvalue weighted by Crippen LogP contribution is -2.37. The summed E-state index contributed by atoms with van der Waals surface area (Å²) >= 11 is 0. The Hall–Kier alpha value is -3.09. The highest BCUT2D eigenvalue weighted by molar-refractivity contribution is 5.82. The van der Waals surface area contributed by atoms with Gasteiger partial charge in [-0.3, -0.25) is 9.59 Å². The summed E-state index contributed by atoms with van der Waals surface area (Å²) < 4.78 is 39.4. The average molecular weight is 430 g/mol. The fraction of sp³-hybridized carbons (Fsp3) is 0.333. The Morgan fingerprint density at radius 2 is 1.81 bits per heavy atom. The Labute approximate surface area is 179 Å². The van der Waals surface area contributed by atoms with Crippen molar-refractivity contribution < 1.29 is 22.8 Å². The van der Waals surface area contributed by atoms with Crippen molar-refractivity contribution in [2.24, 2.45) is 5.92 Å². The SMILES string of the molecule is CC(=O)N1C=Cc2ccccc2C1CC(=O)NC(c1cccc(C(F)(F)F)c1)C(C)C. The molecule has 164 valence electrons. The zero-order valence-electron chi connectivity index (χ0n) is 17.6. The number of alkyl halides is 3. The Bertz CT molecular complexity index is 998. The first-order valence-electron chi connectivity index (χ1n) is 10.1. The summed E-state index contributed by atoms with van der Waals surface area (Å²) in [6.07, 6.45) is -0.967. The van der Waals surface area contributed by atoms with E-state index in [1.54, 1.807) is 12.3 Å². The summed E-state index contributed by atoms with van der Waals surface area (Å²) in [7, 11) is 0. The second kappa shape index (κ2) is 8.96. The van der Waals surface area contributed by atoms with Gasteiger partial charge in [0.05, 0.1) is 24.1 Å². The van der Waals surface area contributed by atoms with Crippen LogP contribution in [-0.4, -0.2) is 16.7 Å². The van der Waals surface area contributed by atoms with Crippen molar-refractivity contribution in [2.75, 3.05) is 0 Å². The Morgan fingerprint density at radius 1 is 1.10 bits per heavy atom. The number of hydrogen-bond donors (Lipinski definition) is 1. The Kier molecular flexibility index (Phi) is 6.53. The minimum absolute atomic E-state index is 0.00309. The van der Waals surface area contributed by atoms with Crippen LogP contribution in [-0.2, 0) is 15.8 Å². The van der Waals surface area contributed by atoms with Crippen LogP contribution in [0.25, 0.3) is 6.08 Å². The molecule has 2 amide bonds. The van der Waals surface area contributed by atoms with Crippen molar-refractivity contribution in [1.82, 2.24) is 10.2 Å². The van der Waals surface area contributed by atoms with Gasteiger partial charge >= 0.3 is 6.18 Å². The standard InChI is InChI=1S/C24H25F3N2O2/c1-15(2)23(18-8-6-9-19(13-18)24(25,26)27)28-22(31)14-21-20-10-5-4-7-17(20)11-12-29(21)16(3)30/h4-13,15,21,23H,14H2,1-3H3,(H,28,31). The zero-order chi connectivity index (χ0) is 22.8. The van der Waals surface area contributed by atoms with Crippen LogP contribution in [0.2, 0.25) is 0 Å². The number of nitrogens with zero attached hydrogens (tertiary/aromatic N) is 1. The number of amides is 2. The third-order valence-corrected chi connectivity index (χ3v) is 5.40. The lowest BCUT2D eigenvalue weighted by atomic mass is 9.92. The van der Waals surface area contributed by atoms with Crippen molar-refractivity contribution in [2.45, 2.75) is 45.5 Å². The van der Waals surface area contributed by atoms with Gasteiger partial charge in [-0.15, -0.1) is 0 Å². The van der Waals surface area contributed by atoms with Gasteiger partial charge < -0.3 is 10.2 Å². The molecule has 4 nitrogen and oxygen atoms in total. The van der Waals surface area contributed by atoms with E-state index in [4.69, 9.17) is 0 Å². The fourth-order valence-electron chi connectivity index (χ4n) is 3.86. The number of carbonyl (C=O) groups is 2. The van der Waals surface area contributed by atoms with Gasteiger partial charge in [-0.2, -0.15) is 13.2 Å². The molecule has 2 aromatic rings. The lowest BCUT2D eigenvalue weighted by Gasteiger charge is -2.33. The maximum Gasteiger partial charge on any atom is 0.416 e. The molecule has 0 saturated heterocycles. The van der Waals surface area contributed by atoms with E-state index in [9.17, 15) is 22.8 Å². The summed E-state index contributed by atoms with van der Waals surface area (Å²) in [5.41, 5.74) is 1.43. The molecule has 0 aliphatic carbocycles. The van der Waals surface area contributed by atoms with E-state index in [0.717, 1.165) is 23.3 Å². The van der Waals surface area contributed by atoms with E-state index in [2.05, 4.69) is 5.32 Å². The molecule has 2 aromatic carbocycles. The maximum absolute atomic E-state index is 13.1.